The van der Waals surface area contributed by atoms with Crippen LogP contribution in [0.1, 0.15) is 17.5 Å². The number of fused-ring (bicyclic) bond motifs is 1. The molecule has 0 saturated carbocycles. The molecule has 4 rings (SSSR count). The van der Waals surface area contributed by atoms with Crippen molar-refractivity contribution in [3.63, 3.8) is 0 Å². The minimum absolute atomic E-state index is 0.0950. The Morgan fingerprint density at radius 2 is 2.03 bits per heavy atom. The molecule has 3 heterocycles. The van der Waals surface area contributed by atoms with Gasteiger partial charge in [0, 0.05) is 43.7 Å². The van der Waals surface area contributed by atoms with Crippen LogP contribution in [-0.4, -0.2) is 70.2 Å². The second-order valence-corrected chi connectivity index (χ2v) is 9.04. The number of nitrogens with zero attached hydrogens (tertiary/aromatic N) is 4. The van der Waals surface area contributed by atoms with Crippen molar-refractivity contribution >= 4 is 23.1 Å². The molecule has 2 aliphatic heterocycles. The van der Waals surface area contributed by atoms with Gasteiger partial charge >= 0.3 is 0 Å². The van der Waals surface area contributed by atoms with Gasteiger partial charge in [0.05, 0.1) is 19.7 Å². The van der Waals surface area contributed by atoms with Gasteiger partial charge in [0.25, 0.3) is 0 Å². The van der Waals surface area contributed by atoms with Crippen molar-refractivity contribution in [1.82, 2.24) is 14.2 Å². The monoisotopic (exact) mass is 428 g/mol. The number of carbonyl (C=O) groups excluding carboxylic acids is 1. The fraction of sp³-hybridized carbons (Fsp3) is 0.455. The highest BCUT2D eigenvalue weighted by Crippen LogP contribution is 2.25. The predicted molar refractivity (Wildman–Crippen MR) is 118 cm³/mol. The number of pyridine rings is 1. The molecule has 0 bridgehead atoms. The quantitative estimate of drug-likeness (QED) is 0.495. The average Bonchev–Trinajstić information content (AvgIpc) is 2.77. The van der Waals surface area contributed by atoms with Crippen LogP contribution in [-0.2, 0) is 29.1 Å². The Labute approximate surface area is 180 Å². The fourth-order valence-corrected chi connectivity index (χ4v) is 4.63. The first kappa shape index (κ1) is 21.1. The van der Waals surface area contributed by atoms with E-state index in [1.807, 2.05) is 28.6 Å². The Kier molecular flexibility index (Phi) is 6.89. The first-order valence-electron chi connectivity index (χ1n) is 10.4. The third-order valence-electron chi connectivity index (χ3n) is 5.63. The van der Waals surface area contributed by atoms with Gasteiger partial charge in [-0.2, -0.15) is 0 Å². The summed E-state index contributed by atoms with van der Waals surface area (Å²) in [6, 6.07) is 11.8. The maximum atomic E-state index is 12.5. The van der Waals surface area contributed by atoms with E-state index in [1.165, 1.54) is 11.1 Å². The predicted octanol–water partition coefficient (Wildman–Crippen LogP) is 1.85. The van der Waals surface area contributed by atoms with Crippen LogP contribution in [0.15, 0.2) is 42.6 Å². The van der Waals surface area contributed by atoms with E-state index in [4.69, 9.17) is 4.74 Å². The van der Waals surface area contributed by atoms with Crippen LogP contribution in [0, 0.1) is 0 Å². The number of rotatable bonds is 7. The third-order valence-corrected chi connectivity index (χ3v) is 6.67. The summed E-state index contributed by atoms with van der Waals surface area (Å²) in [6.45, 7) is 4.94. The molecule has 0 spiro atoms. The zero-order valence-corrected chi connectivity index (χ0v) is 18.1. The molecule has 30 heavy (non-hydrogen) atoms. The zero-order valence-electron chi connectivity index (χ0n) is 17.3. The largest absolute Gasteiger partial charge is 0.598 e. The minimum atomic E-state index is -0.922. The smallest absolute Gasteiger partial charge is 0.242 e. The first-order valence-corrected chi connectivity index (χ1v) is 11.9. The number of hydrogen-bond acceptors (Lipinski definition) is 6. The molecule has 1 saturated heterocycles. The van der Waals surface area contributed by atoms with Crippen LogP contribution in [0.2, 0.25) is 0 Å². The van der Waals surface area contributed by atoms with E-state index in [1.54, 1.807) is 17.4 Å². The third kappa shape index (κ3) is 5.13. The number of piperazine rings is 1. The molecule has 0 radical (unpaired) electrons. The standard InChI is InChI=1S/C22H28N4O3S/c1-30(28)25-11-8-18-15-20(7-6-19(18)16-25)29-14-4-10-24-12-13-26(22(27)17-24)21-5-2-3-9-23-21/h2-3,5-7,9,15H,4,8,10-14,16-17H2,1H3. The highest BCUT2D eigenvalue weighted by molar-refractivity contribution is 7.88. The molecule has 1 atom stereocenters. The van der Waals surface area contributed by atoms with E-state index in [-0.39, 0.29) is 5.91 Å². The van der Waals surface area contributed by atoms with E-state index in [0.29, 0.717) is 19.7 Å². The second kappa shape index (κ2) is 9.78. The maximum Gasteiger partial charge on any atom is 0.242 e. The van der Waals surface area contributed by atoms with Crippen LogP contribution in [0.4, 0.5) is 5.82 Å². The van der Waals surface area contributed by atoms with Gasteiger partial charge in [-0.1, -0.05) is 12.1 Å². The second-order valence-electron chi connectivity index (χ2n) is 7.68. The topological polar surface area (TPSA) is 72.0 Å². The lowest BCUT2D eigenvalue weighted by Gasteiger charge is -2.33. The van der Waals surface area contributed by atoms with E-state index in [0.717, 1.165) is 50.6 Å². The molecular weight excluding hydrogens is 400 g/mol. The van der Waals surface area contributed by atoms with Gasteiger partial charge < -0.3 is 9.29 Å². The van der Waals surface area contributed by atoms with Crippen molar-refractivity contribution in [1.29, 1.82) is 0 Å². The lowest BCUT2D eigenvalue weighted by atomic mass is 10.0. The Bertz CT molecular complexity index is 865. The summed E-state index contributed by atoms with van der Waals surface area (Å²) in [5, 5.41) is 0. The van der Waals surface area contributed by atoms with Crippen molar-refractivity contribution in [2.24, 2.45) is 0 Å². The number of amides is 1. The molecule has 0 N–H and O–H groups in total. The zero-order chi connectivity index (χ0) is 20.9. The van der Waals surface area contributed by atoms with Crippen LogP contribution in [0.3, 0.4) is 0 Å². The van der Waals surface area contributed by atoms with Crippen molar-refractivity contribution in [3.05, 3.63) is 53.7 Å². The molecule has 160 valence electrons. The van der Waals surface area contributed by atoms with E-state index in [9.17, 15) is 9.35 Å². The summed E-state index contributed by atoms with van der Waals surface area (Å²) < 4.78 is 19.6. The maximum absolute atomic E-state index is 12.5. The number of anilines is 1. The van der Waals surface area contributed by atoms with Crippen molar-refractivity contribution in [3.8, 4) is 5.75 Å². The van der Waals surface area contributed by atoms with Crippen LogP contribution in [0.25, 0.3) is 0 Å². The summed E-state index contributed by atoms with van der Waals surface area (Å²) in [5.74, 6) is 1.71. The number of hydrogen-bond donors (Lipinski definition) is 0. The molecule has 0 aliphatic carbocycles. The van der Waals surface area contributed by atoms with Crippen molar-refractivity contribution in [2.45, 2.75) is 19.4 Å². The summed E-state index contributed by atoms with van der Waals surface area (Å²) in [7, 11) is 0. The summed E-state index contributed by atoms with van der Waals surface area (Å²) in [5.41, 5.74) is 2.51. The highest BCUT2D eigenvalue weighted by Gasteiger charge is 2.25. The summed E-state index contributed by atoms with van der Waals surface area (Å²) >= 11 is -0.922. The van der Waals surface area contributed by atoms with Gasteiger partial charge in [-0.05, 0) is 48.2 Å². The van der Waals surface area contributed by atoms with E-state index < -0.39 is 11.4 Å². The molecule has 2 aromatic rings. The van der Waals surface area contributed by atoms with Gasteiger partial charge in [0.15, 0.2) is 0 Å². The Morgan fingerprint density at radius 3 is 2.80 bits per heavy atom. The number of ether oxygens (including phenoxy) is 1. The molecule has 1 amide bonds. The molecule has 1 aromatic carbocycles. The normalized spacial score (nSPS) is 18.9. The van der Waals surface area contributed by atoms with E-state index >= 15 is 0 Å². The van der Waals surface area contributed by atoms with Crippen LogP contribution >= 0.6 is 0 Å². The average molecular weight is 429 g/mol. The summed E-state index contributed by atoms with van der Waals surface area (Å²) in [4.78, 5) is 20.7. The lowest BCUT2D eigenvalue weighted by Crippen LogP contribution is -2.51. The van der Waals surface area contributed by atoms with Gasteiger partial charge in [-0.3, -0.25) is 14.6 Å². The van der Waals surface area contributed by atoms with E-state index in [2.05, 4.69) is 22.0 Å². The minimum Gasteiger partial charge on any atom is -0.598 e. The number of carbonyl (C=O) groups is 1. The Hall–Kier alpha value is -2.13. The molecular formula is C22H28N4O3S. The van der Waals surface area contributed by atoms with Crippen LogP contribution in [0.5, 0.6) is 5.75 Å². The lowest BCUT2D eigenvalue weighted by molar-refractivity contribution is -0.121. The highest BCUT2D eigenvalue weighted by atomic mass is 32.2. The van der Waals surface area contributed by atoms with Gasteiger partial charge in [0.2, 0.25) is 5.91 Å². The molecule has 1 fully saturated rings. The summed E-state index contributed by atoms with van der Waals surface area (Å²) in [6.07, 6.45) is 5.22. The van der Waals surface area contributed by atoms with Crippen molar-refractivity contribution < 1.29 is 14.1 Å². The Balaban J connectivity index is 1.20. The SMILES string of the molecule is C[S+]([O-])N1CCc2cc(OCCCN3CCN(c4ccccn4)C(=O)C3)ccc2C1. The fourth-order valence-electron chi connectivity index (χ4n) is 3.96. The van der Waals surface area contributed by atoms with Crippen LogP contribution < -0.4 is 9.64 Å². The molecule has 2 aliphatic rings. The first-order chi connectivity index (χ1) is 14.6. The Morgan fingerprint density at radius 1 is 1.13 bits per heavy atom. The van der Waals surface area contributed by atoms with Gasteiger partial charge in [-0.25, -0.2) is 4.98 Å². The van der Waals surface area contributed by atoms with Gasteiger partial charge in [-0.15, -0.1) is 4.31 Å². The number of aromatic nitrogens is 1. The molecule has 1 aromatic heterocycles. The van der Waals surface area contributed by atoms with Gasteiger partial charge in [0.1, 0.15) is 17.8 Å². The number of benzene rings is 1. The van der Waals surface area contributed by atoms with Crippen molar-refractivity contribution in [2.75, 3.05) is 50.5 Å². The molecule has 8 heteroatoms. The molecule has 7 nitrogen and oxygen atoms in total. The molecule has 1 unspecified atom stereocenters.